The summed E-state index contributed by atoms with van der Waals surface area (Å²) < 4.78 is 0. The van der Waals surface area contributed by atoms with Crippen LogP contribution in [-0.2, 0) is 6.42 Å². The fourth-order valence-electron chi connectivity index (χ4n) is 1.80. The van der Waals surface area contributed by atoms with Crippen molar-refractivity contribution in [3.63, 3.8) is 0 Å². The highest BCUT2D eigenvalue weighted by atomic mass is 15.1. The number of nitrogens with zero attached hydrogens (tertiary/aromatic N) is 2. The fraction of sp³-hybridized carbons (Fsp3) is 0.692. The smallest absolute Gasteiger partial charge is 0.134 e. The Hall–Kier alpha value is -1.32. The molecule has 17 heavy (non-hydrogen) atoms. The number of hydrogen-bond acceptors (Lipinski definition) is 4. The van der Waals surface area contributed by atoms with E-state index < -0.39 is 0 Å². The monoisotopic (exact) mass is 234 g/mol. The molecule has 1 aromatic rings. The van der Waals surface area contributed by atoms with E-state index in [2.05, 4.69) is 41.4 Å². The van der Waals surface area contributed by atoms with Crippen molar-refractivity contribution in [2.24, 2.45) is 0 Å². The predicted molar refractivity (Wildman–Crippen MR) is 71.6 cm³/mol. The molecule has 0 amide bonds. The SMILES string of the molecule is CCCc1nc(NCC)c(C)c(NC2CC2)n1. The van der Waals surface area contributed by atoms with Gasteiger partial charge in [0.05, 0.1) is 0 Å². The number of nitrogens with one attached hydrogen (secondary N) is 2. The topological polar surface area (TPSA) is 49.8 Å². The van der Waals surface area contributed by atoms with Crippen LogP contribution in [0.15, 0.2) is 0 Å². The zero-order chi connectivity index (χ0) is 12.3. The molecule has 0 radical (unpaired) electrons. The lowest BCUT2D eigenvalue weighted by atomic mass is 10.2. The Kier molecular flexibility index (Phi) is 3.82. The summed E-state index contributed by atoms with van der Waals surface area (Å²) in [6, 6.07) is 0.632. The Balaban J connectivity index is 2.26. The number of aryl methyl sites for hydroxylation is 1. The van der Waals surface area contributed by atoms with Gasteiger partial charge < -0.3 is 10.6 Å². The van der Waals surface area contributed by atoms with Crippen molar-refractivity contribution in [2.45, 2.75) is 52.5 Å². The maximum Gasteiger partial charge on any atom is 0.134 e. The van der Waals surface area contributed by atoms with Crippen LogP contribution in [0.4, 0.5) is 11.6 Å². The highest BCUT2D eigenvalue weighted by Crippen LogP contribution is 2.27. The van der Waals surface area contributed by atoms with Gasteiger partial charge in [-0.25, -0.2) is 9.97 Å². The molecule has 4 nitrogen and oxygen atoms in total. The summed E-state index contributed by atoms with van der Waals surface area (Å²) in [5.41, 5.74) is 1.14. The molecule has 2 N–H and O–H groups in total. The van der Waals surface area contributed by atoms with Crippen LogP contribution in [0.3, 0.4) is 0 Å². The van der Waals surface area contributed by atoms with Crippen LogP contribution in [0.5, 0.6) is 0 Å². The lowest BCUT2D eigenvalue weighted by Crippen LogP contribution is -2.12. The van der Waals surface area contributed by atoms with Crippen LogP contribution >= 0.6 is 0 Å². The zero-order valence-electron chi connectivity index (χ0n) is 11.0. The van der Waals surface area contributed by atoms with E-state index in [1.807, 2.05) is 0 Å². The average Bonchev–Trinajstić information content (AvgIpc) is 3.09. The van der Waals surface area contributed by atoms with Crippen LogP contribution in [0.2, 0.25) is 0 Å². The van der Waals surface area contributed by atoms with Gasteiger partial charge in [0, 0.05) is 24.6 Å². The number of anilines is 2. The molecule has 1 aromatic heterocycles. The third kappa shape index (κ3) is 3.08. The largest absolute Gasteiger partial charge is 0.370 e. The number of rotatable bonds is 6. The molecule has 1 saturated carbocycles. The summed E-state index contributed by atoms with van der Waals surface area (Å²) in [7, 11) is 0. The van der Waals surface area contributed by atoms with Crippen LogP contribution in [-0.4, -0.2) is 22.6 Å². The second-order valence-corrected chi connectivity index (χ2v) is 4.66. The molecule has 0 bridgehead atoms. The van der Waals surface area contributed by atoms with Gasteiger partial charge >= 0.3 is 0 Å². The van der Waals surface area contributed by atoms with E-state index in [9.17, 15) is 0 Å². The molecule has 1 aliphatic carbocycles. The second-order valence-electron chi connectivity index (χ2n) is 4.66. The molecule has 4 heteroatoms. The van der Waals surface area contributed by atoms with Gasteiger partial charge in [0.1, 0.15) is 17.5 Å². The lowest BCUT2D eigenvalue weighted by Gasteiger charge is -2.14. The van der Waals surface area contributed by atoms with Crippen molar-refractivity contribution in [3.8, 4) is 0 Å². The summed E-state index contributed by atoms with van der Waals surface area (Å²) >= 11 is 0. The highest BCUT2D eigenvalue weighted by molar-refractivity contribution is 5.58. The maximum atomic E-state index is 4.62. The van der Waals surface area contributed by atoms with E-state index in [1.54, 1.807) is 0 Å². The average molecular weight is 234 g/mol. The van der Waals surface area contributed by atoms with E-state index in [0.717, 1.165) is 42.4 Å². The van der Waals surface area contributed by atoms with Gasteiger partial charge in [-0.15, -0.1) is 0 Å². The molecule has 0 aliphatic heterocycles. The Morgan fingerprint density at radius 1 is 1.18 bits per heavy atom. The van der Waals surface area contributed by atoms with Gasteiger partial charge in [0.15, 0.2) is 0 Å². The van der Waals surface area contributed by atoms with Crippen LogP contribution < -0.4 is 10.6 Å². The Bertz CT molecular complexity index is 385. The predicted octanol–water partition coefficient (Wildman–Crippen LogP) is 2.74. The molecule has 2 rings (SSSR count). The van der Waals surface area contributed by atoms with E-state index in [0.29, 0.717) is 6.04 Å². The Morgan fingerprint density at radius 2 is 1.88 bits per heavy atom. The van der Waals surface area contributed by atoms with Crippen molar-refractivity contribution in [3.05, 3.63) is 11.4 Å². The lowest BCUT2D eigenvalue weighted by molar-refractivity contribution is 0.830. The van der Waals surface area contributed by atoms with Crippen LogP contribution in [0.25, 0.3) is 0 Å². The van der Waals surface area contributed by atoms with Crippen molar-refractivity contribution in [1.82, 2.24) is 9.97 Å². The van der Waals surface area contributed by atoms with Gasteiger partial charge in [-0.3, -0.25) is 0 Å². The molecule has 1 heterocycles. The van der Waals surface area contributed by atoms with E-state index >= 15 is 0 Å². The first-order chi connectivity index (χ1) is 8.24. The Morgan fingerprint density at radius 3 is 2.47 bits per heavy atom. The first-order valence-electron chi connectivity index (χ1n) is 6.62. The van der Waals surface area contributed by atoms with Gasteiger partial charge in [0.25, 0.3) is 0 Å². The van der Waals surface area contributed by atoms with Crippen molar-refractivity contribution in [1.29, 1.82) is 0 Å². The Labute approximate surface area is 103 Å². The van der Waals surface area contributed by atoms with Gasteiger partial charge in [-0.2, -0.15) is 0 Å². The van der Waals surface area contributed by atoms with E-state index in [4.69, 9.17) is 0 Å². The quantitative estimate of drug-likeness (QED) is 0.794. The third-order valence-electron chi connectivity index (χ3n) is 2.93. The molecule has 1 fully saturated rings. The van der Waals surface area contributed by atoms with Crippen LogP contribution in [0.1, 0.15) is 44.5 Å². The normalized spacial score (nSPS) is 14.8. The summed E-state index contributed by atoms with van der Waals surface area (Å²) in [4.78, 5) is 9.20. The minimum atomic E-state index is 0.632. The first-order valence-corrected chi connectivity index (χ1v) is 6.62. The molecule has 0 aromatic carbocycles. The van der Waals surface area contributed by atoms with E-state index in [-0.39, 0.29) is 0 Å². The molecule has 0 spiro atoms. The molecule has 1 aliphatic rings. The highest BCUT2D eigenvalue weighted by Gasteiger charge is 2.23. The fourth-order valence-corrected chi connectivity index (χ4v) is 1.80. The second kappa shape index (κ2) is 5.34. The number of aromatic nitrogens is 2. The van der Waals surface area contributed by atoms with Crippen molar-refractivity contribution in [2.75, 3.05) is 17.2 Å². The summed E-state index contributed by atoms with van der Waals surface area (Å²) in [5.74, 6) is 2.94. The first kappa shape index (κ1) is 12.1. The van der Waals surface area contributed by atoms with Crippen molar-refractivity contribution >= 4 is 11.6 Å². The van der Waals surface area contributed by atoms with Crippen molar-refractivity contribution < 1.29 is 0 Å². The molecule has 94 valence electrons. The standard InChI is InChI=1S/C13H22N4/c1-4-6-11-16-12(14-5-2)9(3)13(17-11)15-10-7-8-10/h10H,4-8H2,1-3H3,(H2,14,15,16,17). The van der Waals surface area contributed by atoms with Crippen LogP contribution in [0, 0.1) is 6.92 Å². The zero-order valence-corrected chi connectivity index (χ0v) is 11.0. The molecule has 0 atom stereocenters. The molecular weight excluding hydrogens is 212 g/mol. The maximum absolute atomic E-state index is 4.62. The van der Waals surface area contributed by atoms with Gasteiger partial charge in [-0.05, 0) is 33.1 Å². The number of hydrogen-bond donors (Lipinski definition) is 2. The molecular formula is C13H22N4. The van der Waals surface area contributed by atoms with Gasteiger partial charge in [-0.1, -0.05) is 6.92 Å². The minimum Gasteiger partial charge on any atom is -0.370 e. The van der Waals surface area contributed by atoms with E-state index in [1.165, 1.54) is 12.8 Å². The molecule has 0 saturated heterocycles. The summed E-state index contributed by atoms with van der Waals surface area (Å²) in [6.45, 7) is 7.23. The summed E-state index contributed by atoms with van der Waals surface area (Å²) in [6.07, 6.45) is 4.56. The third-order valence-corrected chi connectivity index (χ3v) is 2.93. The minimum absolute atomic E-state index is 0.632. The summed E-state index contributed by atoms with van der Waals surface area (Å²) in [5, 5.41) is 6.81. The van der Waals surface area contributed by atoms with Gasteiger partial charge in [0.2, 0.25) is 0 Å². The molecule has 0 unspecified atom stereocenters.